The minimum Gasteiger partial charge on any atom is -0.359 e. The number of nitrogens with zero attached hydrogens (tertiary/aromatic N) is 3. The third-order valence-electron chi connectivity index (χ3n) is 6.02. The van der Waals surface area contributed by atoms with Crippen molar-refractivity contribution in [1.29, 1.82) is 0 Å². The van der Waals surface area contributed by atoms with Crippen LogP contribution in [0.25, 0.3) is 10.9 Å². The maximum Gasteiger partial charge on any atom is 0.266 e. The predicted octanol–water partition coefficient (Wildman–Crippen LogP) is 4.83. The van der Waals surface area contributed by atoms with Gasteiger partial charge in [-0.25, -0.2) is 23.1 Å². The Kier molecular flexibility index (Phi) is 6.51. The van der Waals surface area contributed by atoms with Crippen molar-refractivity contribution in [3.63, 3.8) is 0 Å². The number of pyridine rings is 1. The molecule has 0 spiro atoms. The SMILES string of the molecule is C=C[C@@H](Nc1nc(C)nc2cc(=O)n(C3CCN[C@H](C)C3)cc12)c1cccc(C(F)F)c1F. The van der Waals surface area contributed by atoms with Crippen LogP contribution in [-0.4, -0.2) is 27.1 Å². The lowest BCUT2D eigenvalue weighted by atomic mass is 10.00. The zero-order valence-electron chi connectivity index (χ0n) is 18.5. The van der Waals surface area contributed by atoms with Crippen LogP contribution in [0.1, 0.15) is 55.2 Å². The van der Waals surface area contributed by atoms with Gasteiger partial charge in [0.15, 0.2) is 0 Å². The number of piperidine rings is 1. The molecule has 3 heterocycles. The fourth-order valence-electron chi connectivity index (χ4n) is 4.38. The molecule has 6 nitrogen and oxygen atoms in total. The molecule has 1 aromatic carbocycles. The first kappa shape index (κ1) is 23.0. The number of aryl methyl sites for hydroxylation is 1. The number of hydrogen-bond donors (Lipinski definition) is 2. The summed E-state index contributed by atoms with van der Waals surface area (Å²) in [5.41, 5.74) is -0.328. The summed E-state index contributed by atoms with van der Waals surface area (Å²) in [6.45, 7) is 8.32. The van der Waals surface area contributed by atoms with Crippen molar-refractivity contribution in [2.45, 2.75) is 51.2 Å². The molecule has 33 heavy (non-hydrogen) atoms. The van der Waals surface area contributed by atoms with Crippen molar-refractivity contribution in [3.8, 4) is 0 Å². The lowest BCUT2D eigenvalue weighted by molar-refractivity contribution is 0.146. The fraction of sp³-hybridized carbons (Fsp3) is 0.375. The monoisotopic (exact) mass is 457 g/mol. The number of benzene rings is 1. The van der Waals surface area contributed by atoms with Gasteiger partial charge in [0.05, 0.1) is 22.5 Å². The summed E-state index contributed by atoms with van der Waals surface area (Å²) in [5, 5.41) is 7.07. The second kappa shape index (κ2) is 9.35. The average Bonchev–Trinajstić information content (AvgIpc) is 2.77. The van der Waals surface area contributed by atoms with Gasteiger partial charge in [0.1, 0.15) is 17.5 Å². The Morgan fingerprint density at radius 3 is 2.76 bits per heavy atom. The zero-order chi connectivity index (χ0) is 23.7. The molecule has 0 radical (unpaired) electrons. The molecule has 0 saturated carbocycles. The standard InChI is InChI=1S/C24H26F3N5O/c1-4-19(16-6-5-7-17(22(16)25)23(26)27)31-24-18-12-32(15-8-9-28-13(2)10-15)21(33)11-20(18)29-14(3)30-24/h4-7,11-13,15,19,23,28H,1,8-10H2,2-3H3,(H,29,30,31)/t13-,15?,19-/m1/s1. The van der Waals surface area contributed by atoms with E-state index in [0.717, 1.165) is 25.5 Å². The second-order valence-electron chi connectivity index (χ2n) is 8.38. The molecular weight excluding hydrogens is 431 g/mol. The van der Waals surface area contributed by atoms with Crippen LogP contribution >= 0.6 is 0 Å². The van der Waals surface area contributed by atoms with Crippen LogP contribution < -0.4 is 16.2 Å². The highest BCUT2D eigenvalue weighted by Gasteiger charge is 2.23. The van der Waals surface area contributed by atoms with Crippen molar-refractivity contribution in [2.24, 2.45) is 0 Å². The van der Waals surface area contributed by atoms with Crippen molar-refractivity contribution >= 4 is 16.7 Å². The minimum atomic E-state index is -2.93. The van der Waals surface area contributed by atoms with Gasteiger partial charge in [-0.3, -0.25) is 4.79 Å². The number of anilines is 1. The Morgan fingerprint density at radius 2 is 2.06 bits per heavy atom. The van der Waals surface area contributed by atoms with Gasteiger partial charge in [-0.2, -0.15) is 0 Å². The molecule has 1 saturated heterocycles. The number of aromatic nitrogens is 3. The van der Waals surface area contributed by atoms with Crippen LogP contribution in [0.4, 0.5) is 19.0 Å². The fourth-order valence-corrected chi connectivity index (χ4v) is 4.38. The highest BCUT2D eigenvalue weighted by Crippen LogP contribution is 2.31. The van der Waals surface area contributed by atoms with E-state index in [4.69, 9.17) is 0 Å². The summed E-state index contributed by atoms with van der Waals surface area (Å²) in [6.07, 6.45) is 1.85. The van der Waals surface area contributed by atoms with Gasteiger partial charge < -0.3 is 15.2 Å². The molecule has 2 N–H and O–H groups in total. The first-order valence-corrected chi connectivity index (χ1v) is 10.9. The number of alkyl halides is 2. The van der Waals surface area contributed by atoms with Crippen molar-refractivity contribution < 1.29 is 13.2 Å². The summed E-state index contributed by atoms with van der Waals surface area (Å²) in [5.74, 6) is -0.192. The predicted molar refractivity (Wildman–Crippen MR) is 122 cm³/mol. The van der Waals surface area contributed by atoms with Crippen LogP contribution in [0.5, 0.6) is 0 Å². The van der Waals surface area contributed by atoms with E-state index in [9.17, 15) is 18.0 Å². The summed E-state index contributed by atoms with van der Waals surface area (Å²) in [4.78, 5) is 21.7. The highest BCUT2D eigenvalue weighted by molar-refractivity contribution is 5.88. The lowest BCUT2D eigenvalue weighted by Crippen LogP contribution is -2.39. The molecule has 0 bridgehead atoms. The maximum absolute atomic E-state index is 14.8. The largest absolute Gasteiger partial charge is 0.359 e. The van der Waals surface area contributed by atoms with E-state index in [1.54, 1.807) is 17.7 Å². The Bertz CT molecular complexity index is 1240. The molecule has 2 aromatic heterocycles. The van der Waals surface area contributed by atoms with E-state index in [2.05, 4.69) is 34.1 Å². The Labute approximate surface area is 189 Å². The topological polar surface area (TPSA) is 71.8 Å². The molecule has 1 unspecified atom stereocenters. The Morgan fingerprint density at radius 1 is 1.30 bits per heavy atom. The zero-order valence-corrected chi connectivity index (χ0v) is 18.5. The van der Waals surface area contributed by atoms with Crippen molar-refractivity contribution in [3.05, 3.63) is 76.2 Å². The quantitative estimate of drug-likeness (QED) is 0.519. The molecule has 1 aliphatic rings. The molecule has 0 aliphatic carbocycles. The number of rotatable bonds is 6. The van der Waals surface area contributed by atoms with E-state index in [0.29, 0.717) is 22.5 Å². The van der Waals surface area contributed by atoms with E-state index in [1.165, 1.54) is 24.3 Å². The van der Waals surface area contributed by atoms with Gasteiger partial charge >= 0.3 is 0 Å². The first-order valence-electron chi connectivity index (χ1n) is 10.9. The normalized spacial score (nSPS) is 19.6. The molecule has 1 aliphatic heterocycles. The number of nitrogens with one attached hydrogen (secondary N) is 2. The summed E-state index contributed by atoms with van der Waals surface area (Å²) in [7, 11) is 0. The van der Waals surface area contributed by atoms with Gasteiger partial charge in [-0.1, -0.05) is 24.3 Å². The number of hydrogen-bond acceptors (Lipinski definition) is 5. The third kappa shape index (κ3) is 4.64. The third-order valence-corrected chi connectivity index (χ3v) is 6.02. The smallest absolute Gasteiger partial charge is 0.266 e. The van der Waals surface area contributed by atoms with E-state index < -0.39 is 23.8 Å². The van der Waals surface area contributed by atoms with Crippen LogP contribution in [0.15, 0.2) is 47.9 Å². The average molecular weight is 458 g/mol. The molecule has 1 fully saturated rings. The van der Waals surface area contributed by atoms with Gasteiger partial charge in [0, 0.05) is 29.9 Å². The molecule has 9 heteroatoms. The first-order chi connectivity index (χ1) is 15.8. The van der Waals surface area contributed by atoms with Gasteiger partial charge in [0.2, 0.25) is 0 Å². The lowest BCUT2D eigenvalue weighted by Gasteiger charge is -2.29. The van der Waals surface area contributed by atoms with E-state index >= 15 is 0 Å². The van der Waals surface area contributed by atoms with Gasteiger partial charge in [0.25, 0.3) is 12.0 Å². The molecular formula is C24H26F3N5O. The van der Waals surface area contributed by atoms with Crippen molar-refractivity contribution in [2.75, 3.05) is 11.9 Å². The molecule has 4 rings (SSSR count). The van der Waals surface area contributed by atoms with Crippen molar-refractivity contribution in [1.82, 2.24) is 19.9 Å². The minimum absolute atomic E-state index is 0.0303. The van der Waals surface area contributed by atoms with Crippen LogP contribution in [0, 0.1) is 12.7 Å². The highest BCUT2D eigenvalue weighted by atomic mass is 19.3. The second-order valence-corrected chi connectivity index (χ2v) is 8.38. The Hall–Kier alpha value is -3.20. The van der Waals surface area contributed by atoms with E-state index in [-0.39, 0.29) is 23.2 Å². The summed E-state index contributed by atoms with van der Waals surface area (Å²) < 4.78 is 42.9. The number of fused-ring (bicyclic) bond motifs is 1. The number of halogens is 3. The van der Waals surface area contributed by atoms with Gasteiger partial charge in [-0.15, -0.1) is 6.58 Å². The molecule has 0 amide bonds. The van der Waals surface area contributed by atoms with Crippen LogP contribution in [0.2, 0.25) is 0 Å². The maximum atomic E-state index is 14.8. The Balaban J connectivity index is 1.78. The molecule has 3 atom stereocenters. The van der Waals surface area contributed by atoms with Crippen LogP contribution in [0.3, 0.4) is 0 Å². The summed E-state index contributed by atoms with van der Waals surface area (Å²) in [6, 6.07) is 4.85. The summed E-state index contributed by atoms with van der Waals surface area (Å²) >= 11 is 0. The molecule has 3 aromatic rings. The van der Waals surface area contributed by atoms with Crippen LogP contribution in [-0.2, 0) is 0 Å². The van der Waals surface area contributed by atoms with Gasteiger partial charge in [-0.05, 0) is 33.2 Å². The van der Waals surface area contributed by atoms with E-state index in [1.807, 2.05) is 0 Å². The molecule has 174 valence electrons.